The number of carbonyl (C=O) groups is 1. The van der Waals surface area contributed by atoms with E-state index < -0.39 is 0 Å². The fourth-order valence-corrected chi connectivity index (χ4v) is 3.72. The van der Waals surface area contributed by atoms with Crippen LogP contribution in [-0.4, -0.2) is 51.2 Å². The Bertz CT molecular complexity index is 577. The van der Waals surface area contributed by atoms with Crippen LogP contribution in [0.4, 0.5) is 4.79 Å². The number of hydrogen-bond donors (Lipinski definition) is 1. The fourth-order valence-electron chi connectivity index (χ4n) is 3.72. The normalized spacial score (nSPS) is 26.2. The molecule has 1 N–H and O–H groups in total. The first-order valence-corrected chi connectivity index (χ1v) is 8.49. The molecule has 2 aliphatic rings. The summed E-state index contributed by atoms with van der Waals surface area (Å²) >= 11 is 0. The van der Waals surface area contributed by atoms with Crippen LogP contribution >= 0.6 is 0 Å². The molecule has 2 amide bonds. The molecule has 2 saturated heterocycles. The summed E-state index contributed by atoms with van der Waals surface area (Å²) in [4.78, 5) is 16.1. The van der Waals surface area contributed by atoms with Crippen molar-refractivity contribution in [1.29, 1.82) is 0 Å². The van der Waals surface area contributed by atoms with Gasteiger partial charge in [0, 0.05) is 18.6 Å². The number of aromatic nitrogens is 3. The first-order valence-electron chi connectivity index (χ1n) is 8.49. The van der Waals surface area contributed by atoms with E-state index in [9.17, 15) is 4.79 Å². The molecular formula is C16H27N5O2. The van der Waals surface area contributed by atoms with Gasteiger partial charge in [0.15, 0.2) is 0 Å². The van der Waals surface area contributed by atoms with Gasteiger partial charge in [-0.2, -0.15) is 15.0 Å². The average Bonchev–Trinajstić information content (AvgIpc) is 3.12. The molecule has 2 atom stereocenters. The molecule has 1 aromatic rings. The highest BCUT2D eigenvalue weighted by Gasteiger charge is 2.52. The van der Waals surface area contributed by atoms with E-state index in [4.69, 9.17) is 4.74 Å². The minimum absolute atomic E-state index is 0.0322. The molecule has 128 valence electrons. The number of rotatable bonds is 4. The summed E-state index contributed by atoms with van der Waals surface area (Å²) < 4.78 is 5.83. The second kappa shape index (κ2) is 6.11. The zero-order valence-corrected chi connectivity index (χ0v) is 14.5. The van der Waals surface area contributed by atoms with E-state index in [1.165, 1.54) is 0 Å². The smallest absolute Gasteiger partial charge is 0.318 e. The molecule has 0 aliphatic carbocycles. The molecule has 23 heavy (non-hydrogen) atoms. The Morgan fingerprint density at radius 3 is 2.78 bits per heavy atom. The predicted octanol–water partition coefficient (Wildman–Crippen LogP) is 1.71. The van der Waals surface area contributed by atoms with Crippen LogP contribution in [0.2, 0.25) is 0 Å². The third-order valence-electron chi connectivity index (χ3n) is 4.90. The first kappa shape index (κ1) is 16.2. The molecule has 3 rings (SSSR count). The molecule has 1 aromatic heterocycles. The number of likely N-dealkylation sites (tertiary alicyclic amines) is 1. The molecule has 2 fully saturated rings. The van der Waals surface area contributed by atoms with E-state index in [1.54, 1.807) is 4.80 Å². The van der Waals surface area contributed by atoms with Crippen LogP contribution in [0.25, 0.3) is 0 Å². The van der Waals surface area contributed by atoms with Crippen LogP contribution in [0.1, 0.15) is 45.0 Å². The molecule has 7 nitrogen and oxygen atoms in total. The van der Waals surface area contributed by atoms with Crippen molar-refractivity contribution in [2.75, 3.05) is 13.2 Å². The van der Waals surface area contributed by atoms with Crippen molar-refractivity contribution in [3.8, 4) is 0 Å². The zero-order chi connectivity index (χ0) is 16.6. The van der Waals surface area contributed by atoms with Crippen LogP contribution in [0, 0.1) is 12.3 Å². The summed E-state index contributed by atoms with van der Waals surface area (Å²) in [6.45, 7) is 11.1. The molecule has 0 aromatic carbocycles. The Kier molecular flexibility index (Phi) is 4.31. The summed E-state index contributed by atoms with van der Waals surface area (Å²) in [6.07, 6.45) is 2.31. The Morgan fingerprint density at radius 2 is 2.22 bits per heavy atom. The predicted molar refractivity (Wildman–Crippen MR) is 85.9 cm³/mol. The number of carbonyl (C=O) groups excluding carboxylic acids is 1. The molecule has 2 aliphatic heterocycles. The SMILES string of the molecule is CCn1nc(C)c(CNC(=O)N2CC(C)(C)C2C2CCCO2)n1. The van der Waals surface area contributed by atoms with Gasteiger partial charge in [-0.1, -0.05) is 13.8 Å². The summed E-state index contributed by atoms with van der Waals surface area (Å²) in [5.41, 5.74) is 1.81. The molecule has 0 saturated carbocycles. The van der Waals surface area contributed by atoms with Crippen LogP contribution in [-0.2, 0) is 17.8 Å². The lowest BCUT2D eigenvalue weighted by atomic mass is 9.72. The van der Waals surface area contributed by atoms with Gasteiger partial charge in [-0.3, -0.25) is 0 Å². The van der Waals surface area contributed by atoms with Gasteiger partial charge in [0.25, 0.3) is 0 Å². The number of aryl methyl sites for hydroxylation is 2. The van der Waals surface area contributed by atoms with Gasteiger partial charge in [-0.05, 0) is 26.7 Å². The molecule has 2 unspecified atom stereocenters. The second-order valence-electron chi connectivity index (χ2n) is 7.19. The Hall–Kier alpha value is -1.63. The number of urea groups is 1. The van der Waals surface area contributed by atoms with Gasteiger partial charge in [-0.25, -0.2) is 4.79 Å². The monoisotopic (exact) mass is 321 g/mol. The molecule has 0 bridgehead atoms. The van der Waals surface area contributed by atoms with Crippen molar-refractivity contribution in [1.82, 2.24) is 25.2 Å². The third kappa shape index (κ3) is 3.06. The first-order chi connectivity index (χ1) is 10.9. The Balaban J connectivity index is 1.60. The number of ether oxygens (including phenoxy) is 1. The lowest BCUT2D eigenvalue weighted by molar-refractivity contribution is -0.0910. The standard InChI is InChI=1S/C16H27N5O2/c1-5-21-18-11(2)12(19-21)9-17-15(22)20-10-16(3,4)14(20)13-7-6-8-23-13/h13-14H,5-10H2,1-4H3,(H,17,22). The van der Waals surface area contributed by atoms with Crippen LogP contribution < -0.4 is 5.32 Å². The summed E-state index contributed by atoms with van der Waals surface area (Å²) in [5.74, 6) is 0. The highest BCUT2D eigenvalue weighted by Crippen LogP contribution is 2.42. The minimum atomic E-state index is -0.0322. The quantitative estimate of drug-likeness (QED) is 0.916. The van der Waals surface area contributed by atoms with Gasteiger partial charge in [-0.15, -0.1) is 0 Å². The van der Waals surface area contributed by atoms with Gasteiger partial charge in [0.2, 0.25) is 0 Å². The van der Waals surface area contributed by atoms with Crippen molar-refractivity contribution < 1.29 is 9.53 Å². The van der Waals surface area contributed by atoms with Crippen LogP contribution in [0.15, 0.2) is 0 Å². The van der Waals surface area contributed by atoms with E-state index >= 15 is 0 Å². The highest BCUT2D eigenvalue weighted by molar-refractivity contribution is 5.76. The number of hydrogen-bond acceptors (Lipinski definition) is 4. The number of nitrogens with one attached hydrogen (secondary N) is 1. The number of nitrogens with zero attached hydrogens (tertiary/aromatic N) is 4. The van der Waals surface area contributed by atoms with Gasteiger partial charge < -0.3 is 15.0 Å². The van der Waals surface area contributed by atoms with E-state index in [-0.39, 0.29) is 23.6 Å². The summed E-state index contributed by atoms with van der Waals surface area (Å²) in [7, 11) is 0. The van der Waals surface area contributed by atoms with Gasteiger partial charge in [0.1, 0.15) is 5.69 Å². The number of amides is 2. The van der Waals surface area contributed by atoms with E-state index in [0.29, 0.717) is 6.54 Å². The molecule has 0 radical (unpaired) electrons. The Morgan fingerprint density at radius 1 is 1.43 bits per heavy atom. The summed E-state index contributed by atoms with van der Waals surface area (Å²) in [5, 5.41) is 11.7. The van der Waals surface area contributed by atoms with E-state index in [0.717, 1.165) is 43.9 Å². The largest absolute Gasteiger partial charge is 0.376 e. The van der Waals surface area contributed by atoms with Gasteiger partial charge >= 0.3 is 6.03 Å². The lowest BCUT2D eigenvalue weighted by Crippen LogP contribution is -2.69. The van der Waals surface area contributed by atoms with Crippen molar-refractivity contribution in [2.45, 2.75) is 65.8 Å². The highest BCUT2D eigenvalue weighted by atomic mass is 16.5. The molecule has 7 heteroatoms. The fraction of sp³-hybridized carbons (Fsp3) is 0.812. The maximum atomic E-state index is 12.5. The van der Waals surface area contributed by atoms with Crippen molar-refractivity contribution >= 4 is 6.03 Å². The Labute approximate surface area is 137 Å². The second-order valence-corrected chi connectivity index (χ2v) is 7.19. The van der Waals surface area contributed by atoms with E-state index in [1.807, 2.05) is 18.7 Å². The van der Waals surface area contributed by atoms with Crippen molar-refractivity contribution in [3.63, 3.8) is 0 Å². The van der Waals surface area contributed by atoms with E-state index in [2.05, 4.69) is 29.4 Å². The molecule has 3 heterocycles. The van der Waals surface area contributed by atoms with Crippen LogP contribution in [0.3, 0.4) is 0 Å². The average molecular weight is 321 g/mol. The van der Waals surface area contributed by atoms with Gasteiger partial charge in [0.05, 0.1) is 30.9 Å². The molecular weight excluding hydrogens is 294 g/mol. The minimum Gasteiger partial charge on any atom is -0.376 e. The zero-order valence-electron chi connectivity index (χ0n) is 14.5. The van der Waals surface area contributed by atoms with Crippen molar-refractivity contribution in [2.24, 2.45) is 5.41 Å². The lowest BCUT2D eigenvalue weighted by Gasteiger charge is -2.56. The van der Waals surface area contributed by atoms with Crippen LogP contribution in [0.5, 0.6) is 0 Å². The third-order valence-corrected chi connectivity index (χ3v) is 4.90. The summed E-state index contributed by atoms with van der Waals surface area (Å²) in [6, 6.07) is 0.132. The maximum absolute atomic E-state index is 12.5. The van der Waals surface area contributed by atoms with Crippen molar-refractivity contribution in [3.05, 3.63) is 11.4 Å². The maximum Gasteiger partial charge on any atom is 0.318 e. The topological polar surface area (TPSA) is 72.3 Å². The molecule has 0 spiro atoms.